The molecule has 43 heavy (non-hydrogen) atoms. The van der Waals surface area contributed by atoms with Crippen molar-refractivity contribution in [3.8, 4) is 45.6 Å². The molecule has 1 aliphatic rings. The van der Waals surface area contributed by atoms with Gasteiger partial charge in [-0.25, -0.2) is 9.59 Å². The van der Waals surface area contributed by atoms with E-state index in [9.17, 15) is 30.0 Å². The smallest absolute Gasteiger partial charge is 0.339 e. The number of aromatic hydroxyl groups is 4. The molecule has 5 rings (SSSR count). The summed E-state index contributed by atoms with van der Waals surface area (Å²) in [6.45, 7) is -0.592. The first-order chi connectivity index (χ1) is 20.8. The average Bonchev–Trinajstić information content (AvgIpc) is 3.01. The molecule has 11 nitrogen and oxygen atoms in total. The molecule has 4 aromatic rings. The van der Waals surface area contributed by atoms with Gasteiger partial charge in [0.1, 0.15) is 26.4 Å². The summed E-state index contributed by atoms with van der Waals surface area (Å²) in [5.74, 6) is -5.63. The summed E-state index contributed by atoms with van der Waals surface area (Å²) < 4.78 is 27.4. The first-order valence-electron chi connectivity index (χ1n) is 13.3. The van der Waals surface area contributed by atoms with E-state index in [4.69, 9.17) is 23.7 Å². The van der Waals surface area contributed by atoms with Crippen LogP contribution in [0.5, 0.6) is 34.5 Å². The number of esters is 2. The number of fused-ring (bicyclic) bond motifs is 3. The number of hydrogen-bond donors (Lipinski definition) is 4. The zero-order valence-electron chi connectivity index (χ0n) is 22.8. The van der Waals surface area contributed by atoms with Gasteiger partial charge >= 0.3 is 11.9 Å². The molecule has 0 spiro atoms. The molecule has 1 aliphatic heterocycles. The Morgan fingerprint density at radius 2 is 0.977 bits per heavy atom. The zero-order valence-corrected chi connectivity index (χ0v) is 22.8. The lowest BCUT2D eigenvalue weighted by atomic mass is 9.91. The molecule has 0 unspecified atom stereocenters. The van der Waals surface area contributed by atoms with Crippen LogP contribution in [-0.4, -0.2) is 58.8 Å². The van der Waals surface area contributed by atoms with Crippen molar-refractivity contribution in [2.45, 2.75) is 13.2 Å². The molecular weight excluding hydrogens is 560 g/mol. The molecule has 0 amide bonds. The van der Waals surface area contributed by atoms with E-state index in [1.165, 1.54) is 0 Å². The topological polar surface area (TPSA) is 161 Å². The van der Waals surface area contributed by atoms with Crippen LogP contribution in [0.4, 0.5) is 0 Å². The molecule has 4 aromatic carbocycles. The highest BCUT2D eigenvalue weighted by atomic mass is 16.6. The van der Waals surface area contributed by atoms with Gasteiger partial charge < -0.3 is 44.1 Å². The second-order valence-corrected chi connectivity index (χ2v) is 9.42. The number of cyclic esters (lactones) is 2. The molecule has 11 heteroatoms. The van der Waals surface area contributed by atoms with Gasteiger partial charge in [-0.05, 0) is 23.3 Å². The largest absolute Gasteiger partial charge is 0.504 e. The second kappa shape index (κ2) is 13.0. The lowest BCUT2D eigenvalue weighted by Gasteiger charge is -2.21. The summed E-state index contributed by atoms with van der Waals surface area (Å²) in [5, 5.41) is 44.7. The number of benzene rings is 4. The number of phenolic OH excluding ortho intramolecular Hbond substituents is 4. The lowest BCUT2D eigenvalue weighted by Crippen LogP contribution is -2.14. The van der Waals surface area contributed by atoms with Crippen LogP contribution in [0.25, 0.3) is 11.1 Å². The summed E-state index contributed by atoms with van der Waals surface area (Å²) in [5.41, 5.74) is -0.244. The van der Waals surface area contributed by atoms with Crippen LogP contribution in [-0.2, 0) is 27.4 Å². The van der Waals surface area contributed by atoms with Crippen molar-refractivity contribution in [3.63, 3.8) is 0 Å². The minimum absolute atomic E-state index is 0.0225. The summed E-state index contributed by atoms with van der Waals surface area (Å²) in [4.78, 5) is 26.5. The number of carbonyl (C=O) groups is 2. The summed E-state index contributed by atoms with van der Waals surface area (Å²) >= 11 is 0. The van der Waals surface area contributed by atoms with Crippen LogP contribution >= 0.6 is 0 Å². The van der Waals surface area contributed by atoms with Gasteiger partial charge in [-0.15, -0.1) is 0 Å². The van der Waals surface area contributed by atoms with E-state index in [-0.39, 0.29) is 39.6 Å². The predicted octanol–water partition coefficient (Wildman–Crippen LogP) is 4.68. The number of carbonyl (C=O) groups excluding carboxylic acids is 2. The highest BCUT2D eigenvalue weighted by molar-refractivity contribution is 6.08. The quantitative estimate of drug-likeness (QED) is 0.232. The number of phenols is 4. The molecule has 0 fully saturated rings. The fourth-order valence-electron chi connectivity index (χ4n) is 4.49. The number of hydrogen-bond acceptors (Lipinski definition) is 11. The SMILES string of the molecule is O=C1OCCOCCOC(=O)c2cc(O)c(OCc3ccccc3)c(O)c2-c2c1cc(O)c(OCc1ccccc1)c2O. The van der Waals surface area contributed by atoms with Gasteiger partial charge in [0.05, 0.1) is 24.3 Å². The minimum Gasteiger partial charge on any atom is -0.504 e. The van der Waals surface area contributed by atoms with Gasteiger partial charge in [0.25, 0.3) is 0 Å². The van der Waals surface area contributed by atoms with E-state index < -0.39 is 68.7 Å². The highest BCUT2D eigenvalue weighted by Gasteiger charge is 2.33. The van der Waals surface area contributed by atoms with Crippen LogP contribution in [0.3, 0.4) is 0 Å². The maximum absolute atomic E-state index is 13.2. The van der Waals surface area contributed by atoms with Crippen molar-refractivity contribution in [1.82, 2.24) is 0 Å². The second-order valence-electron chi connectivity index (χ2n) is 9.42. The Hall–Kier alpha value is -5.42. The average molecular weight is 589 g/mol. The maximum Gasteiger partial charge on any atom is 0.339 e. The molecular formula is C32H28O11. The Labute approximate surface area is 246 Å². The van der Waals surface area contributed by atoms with E-state index in [2.05, 4.69) is 0 Å². The van der Waals surface area contributed by atoms with E-state index in [1.54, 1.807) is 48.5 Å². The molecule has 4 N–H and O–H groups in total. The van der Waals surface area contributed by atoms with Crippen LogP contribution in [0.1, 0.15) is 31.8 Å². The van der Waals surface area contributed by atoms with Crippen LogP contribution < -0.4 is 9.47 Å². The fraction of sp³-hybridized carbons (Fsp3) is 0.188. The third kappa shape index (κ3) is 6.41. The maximum atomic E-state index is 13.2. The van der Waals surface area contributed by atoms with Gasteiger partial charge in [0, 0.05) is 11.1 Å². The molecule has 1 heterocycles. The van der Waals surface area contributed by atoms with Crippen molar-refractivity contribution in [2.24, 2.45) is 0 Å². The minimum atomic E-state index is -1.00. The monoisotopic (exact) mass is 588 g/mol. The van der Waals surface area contributed by atoms with Gasteiger partial charge in [0.15, 0.2) is 23.0 Å². The van der Waals surface area contributed by atoms with Crippen molar-refractivity contribution in [3.05, 3.63) is 95.1 Å². The molecule has 0 aliphatic carbocycles. The van der Waals surface area contributed by atoms with E-state index in [1.807, 2.05) is 12.1 Å². The Kier molecular flexibility index (Phi) is 8.82. The number of ether oxygens (including phenoxy) is 5. The molecule has 0 atom stereocenters. The van der Waals surface area contributed by atoms with Crippen LogP contribution in [0.15, 0.2) is 72.8 Å². The Bertz CT molecular complexity index is 1500. The Balaban J connectivity index is 1.70. The predicted molar refractivity (Wildman–Crippen MR) is 151 cm³/mol. The van der Waals surface area contributed by atoms with Gasteiger partial charge in [-0.1, -0.05) is 60.7 Å². The van der Waals surface area contributed by atoms with Gasteiger partial charge in [-0.3, -0.25) is 0 Å². The lowest BCUT2D eigenvalue weighted by molar-refractivity contribution is 0.0153. The Morgan fingerprint density at radius 1 is 0.581 bits per heavy atom. The normalized spacial score (nSPS) is 13.7. The van der Waals surface area contributed by atoms with Crippen molar-refractivity contribution in [2.75, 3.05) is 26.4 Å². The molecule has 0 saturated carbocycles. The van der Waals surface area contributed by atoms with Crippen molar-refractivity contribution < 1.29 is 53.7 Å². The van der Waals surface area contributed by atoms with Gasteiger partial charge in [-0.2, -0.15) is 0 Å². The summed E-state index contributed by atoms with van der Waals surface area (Å²) in [7, 11) is 0. The molecule has 222 valence electrons. The first-order valence-corrected chi connectivity index (χ1v) is 13.3. The standard InChI is InChI=1S/C32H28O11/c33-23-15-21-25(27(35)29(23)42-17-19-7-3-1-4-8-19)26-22(32(38)41-14-12-39-11-13-40-31(21)37)16-24(34)30(28(26)36)43-18-20-9-5-2-6-10-20/h1-10,15-16,33-36H,11-14,17-18H2. The van der Waals surface area contributed by atoms with Gasteiger partial charge in [0.2, 0.25) is 11.5 Å². The number of rotatable bonds is 6. The molecule has 0 radical (unpaired) electrons. The summed E-state index contributed by atoms with van der Waals surface area (Å²) in [6.07, 6.45) is 0. The van der Waals surface area contributed by atoms with Crippen molar-refractivity contribution >= 4 is 11.9 Å². The third-order valence-corrected chi connectivity index (χ3v) is 6.53. The zero-order chi connectivity index (χ0) is 30.3. The summed E-state index contributed by atoms with van der Waals surface area (Å²) in [6, 6.07) is 19.8. The Morgan fingerprint density at radius 3 is 1.37 bits per heavy atom. The van der Waals surface area contributed by atoms with Crippen molar-refractivity contribution in [1.29, 1.82) is 0 Å². The fourth-order valence-corrected chi connectivity index (χ4v) is 4.49. The molecule has 0 saturated heterocycles. The third-order valence-electron chi connectivity index (χ3n) is 6.53. The molecule has 0 bridgehead atoms. The van der Waals surface area contributed by atoms with E-state index in [0.717, 1.165) is 12.1 Å². The van der Waals surface area contributed by atoms with E-state index >= 15 is 0 Å². The van der Waals surface area contributed by atoms with E-state index in [0.29, 0.717) is 11.1 Å². The molecule has 0 aromatic heterocycles. The van der Waals surface area contributed by atoms with Crippen LogP contribution in [0.2, 0.25) is 0 Å². The highest BCUT2D eigenvalue weighted by Crippen LogP contribution is 2.53. The van der Waals surface area contributed by atoms with Crippen LogP contribution in [0, 0.1) is 0 Å². The first kappa shape index (κ1) is 29.1.